The number of pyridine rings is 1. The molecular formula is C21H22ClN5OS. The molecule has 0 radical (unpaired) electrons. The molecule has 6 nitrogen and oxygen atoms in total. The maximum absolute atomic E-state index is 12.3. The van der Waals surface area contributed by atoms with E-state index in [1.54, 1.807) is 23.7 Å². The highest BCUT2D eigenvalue weighted by Crippen LogP contribution is 2.20. The molecule has 1 fully saturated rings. The first-order valence-electron chi connectivity index (χ1n) is 9.52. The summed E-state index contributed by atoms with van der Waals surface area (Å²) in [6, 6.07) is 11.8. The quantitative estimate of drug-likeness (QED) is 0.652. The maximum Gasteiger partial charge on any atom is 0.271 e. The number of thiazole rings is 1. The number of rotatable bonds is 6. The van der Waals surface area contributed by atoms with Crippen molar-refractivity contribution in [2.45, 2.75) is 13.1 Å². The Balaban J connectivity index is 1.26. The van der Waals surface area contributed by atoms with Crippen LogP contribution in [0.3, 0.4) is 0 Å². The average molecular weight is 428 g/mol. The minimum atomic E-state index is -0.142. The summed E-state index contributed by atoms with van der Waals surface area (Å²) in [4.78, 5) is 25.6. The lowest BCUT2D eigenvalue weighted by Crippen LogP contribution is -2.45. The second-order valence-electron chi connectivity index (χ2n) is 6.90. The van der Waals surface area contributed by atoms with Crippen LogP contribution in [0.15, 0.2) is 54.2 Å². The second kappa shape index (κ2) is 9.35. The summed E-state index contributed by atoms with van der Waals surface area (Å²) >= 11 is 7.52. The highest BCUT2D eigenvalue weighted by atomic mass is 35.5. The first-order chi connectivity index (χ1) is 14.2. The molecule has 0 unspecified atom stereocenters. The van der Waals surface area contributed by atoms with Gasteiger partial charge in [-0.25, -0.2) is 4.98 Å². The van der Waals surface area contributed by atoms with Gasteiger partial charge in [0.15, 0.2) is 0 Å². The van der Waals surface area contributed by atoms with Gasteiger partial charge >= 0.3 is 0 Å². The molecule has 29 heavy (non-hydrogen) atoms. The molecule has 0 aliphatic carbocycles. The second-order valence-corrected chi connectivity index (χ2v) is 8.28. The Morgan fingerprint density at radius 2 is 1.79 bits per heavy atom. The van der Waals surface area contributed by atoms with Gasteiger partial charge in [-0.15, -0.1) is 11.3 Å². The molecule has 0 saturated carbocycles. The Morgan fingerprint density at radius 1 is 1.07 bits per heavy atom. The van der Waals surface area contributed by atoms with E-state index in [-0.39, 0.29) is 5.91 Å². The summed E-state index contributed by atoms with van der Waals surface area (Å²) in [5, 5.41) is 6.47. The van der Waals surface area contributed by atoms with Gasteiger partial charge in [0.1, 0.15) is 10.7 Å². The fourth-order valence-electron chi connectivity index (χ4n) is 3.27. The highest BCUT2D eigenvalue weighted by molar-refractivity contribution is 7.09. The number of piperazine rings is 1. The van der Waals surface area contributed by atoms with Gasteiger partial charge in [-0.2, -0.15) is 0 Å². The molecule has 1 amide bonds. The Morgan fingerprint density at radius 3 is 2.52 bits per heavy atom. The van der Waals surface area contributed by atoms with Gasteiger partial charge in [0.25, 0.3) is 5.91 Å². The van der Waals surface area contributed by atoms with Gasteiger partial charge in [0.05, 0.1) is 6.54 Å². The molecule has 3 heterocycles. The van der Waals surface area contributed by atoms with E-state index in [0.717, 1.165) is 48.3 Å². The van der Waals surface area contributed by atoms with Crippen molar-refractivity contribution in [1.29, 1.82) is 0 Å². The summed E-state index contributed by atoms with van der Waals surface area (Å²) in [7, 11) is 0. The molecule has 1 aromatic carbocycles. The zero-order chi connectivity index (χ0) is 20.1. The molecule has 0 atom stereocenters. The number of benzene rings is 1. The number of carbonyl (C=O) groups excluding carboxylic acids is 1. The molecular weight excluding hydrogens is 406 g/mol. The van der Waals surface area contributed by atoms with Gasteiger partial charge in [0.2, 0.25) is 0 Å². The van der Waals surface area contributed by atoms with Gasteiger partial charge in [-0.3, -0.25) is 14.7 Å². The number of hydrogen-bond donors (Lipinski definition) is 1. The van der Waals surface area contributed by atoms with Crippen LogP contribution in [0.1, 0.15) is 21.1 Å². The third kappa shape index (κ3) is 5.32. The summed E-state index contributed by atoms with van der Waals surface area (Å²) in [6.45, 7) is 5.10. The Bertz CT molecular complexity index is 939. The summed E-state index contributed by atoms with van der Waals surface area (Å²) in [5.74, 6) is -0.142. The molecule has 0 spiro atoms. The molecule has 2 aromatic heterocycles. The molecule has 150 valence electrons. The van der Waals surface area contributed by atoms with Gasteiger partial charge in [-0.05, 0) is 42.0 Å². The van der Waals surface area contributed by atoms with Crippen LogP contribution in [-0.2, 0) is 13.1 Å². The number of anilines is 1. The molecule has 1 aliphatic heterocycles. The zero-order valence-corrected chi connectivity index (χ0v) is 17.5. The molecule has 0 bridgehead atoms. The zero-order valence-electron chi connectivity index (χ0n) is 15.9. The van der Waals surface area contributed by atoms with E-state index in [1.807, 2.05) is 29.6 Å². The van der Waals surface area contributed by atoms with Crippen LogP contribution < -0.4 is 10.2 Å². The van der Waals surface area contributed by atoms with E-state index in [9.17, 15) is 4.79 Å². The van der Waals surface area contributed by atoms with Crippen molar-refractivity contribution in [2.75, 3.05) is 31.1 Å². The first-order valence-corrected chi connectivity index (χ1v) is 10.8. The van der Waals surface area contributed by atoms with Gasteiger partial charge in [-0.1, -0.05) is 11.6 Å². The fourth-order valence-corrected chi connectivity index (χ4v) is 4.21. The van der Waals surface area contributed by atoms with Crippen molar-refractivity contribution >= 4 is 34.5 Å². The molecule has 1 aliphatic rings. The average Bonchev–Trinajstić information content (AvgIpc) is 3.23. The number of nitrogens with one attached hydrogen (secondary N) is 1. The summed E-state index contributed by atoms with van der Waals surface area (Å²) < 4.78 is 0. The smallest absolute Gasteiger partial charge is 0.271 e. The van der Waals surface area contributed by atoms with E-state index in [4.69, 9.17) is 11.6 Å². The largest absolute Gasteiger partial charge is 0.369 e. The number of halogens is 1. The predicted octanol–water partition coefficient (Wildman–Crippen LogP) is 3.44. The van der Waals surface area contributed by atoms with E-state index >= 15 is 0 Å². The monoisotopic (exact) mass is 427 g/mol. The van der Waals surface area contributed by atoms with Crippen molar-refractivity contribution in [3.63, 3.8) is 0 Å². The SMILES string of the molecule is O=C(NCc1ccncc1)c1csc(CN2CCN(c3ccc(Cl)cc3)CC2)n1. The Labute approximate surface area is 179 Å². The van der Waals surface area contributed by atoms with Crippen molar-refractivity contribution in [3.05, 3.63) is 75.5 Å². The first kappa shape index (κ1) is 19.8. The minimum Gasteiger partial charge on any atom is -0.369 e. The number of nitrogens with zero attached hydrogens (tertiary/aromatic N) is 4. The lowest BCUT2D eigenvalue weighted by atomic mass is 10.2. The van der Waals surface area contributed by atoms with Crippen LogP contribution in [0.25, 0.3) is 0 Å². The molecule has 1 saturated heterocycles. The number of aromatic nitrogens is 2. The van der Waals surface area contributed by atoms with Gasteiger partial charge in [0, 0.05) is 61.2 Å². The van der Waals surface area contributed by atoms with Crippen LogP contribution in [-0.4, -0.2) is 47.0 Å². The lowest BCUT2D eigenvalue weighted by molar-refractivity contribution is 0.0946. The third-order valence-electron chi connectivity index (χ3n) is 4.91. The molecule has 3 aromatic rings. The Kier molecular flexibility index (Phi) is 6.39. The Hall–Kier alpha value is -2.48. The number of amides is 1. The van der Waals surface area contributed by atoms with Crippen molar-refractivity contribution in [3.8, 4) is 0 Å². The van der Waals surface area contributed by atoms with Gasteiger partial charge < -0.3 is 10.2 Å². The van der Waals surface area contributed by atoms with Crippen LogP contribution in [0.5, 0.6) is 0 Å². The van der Waals surface area contributed by atoms with E-state index in [2.05, 4.69) is 37.2 Å². The van der Waals surface area contributed by atoms with E-state index in [0.29, 0.717) is 12.2 Å². The van der Waals surface area contributed by atoms with Crippen LogP contribution in [0.4, 0.5) is 5.69 Å². The van der Waals surface area contributed by atoms with Crippen LogP contribution >= 0.6 is 22.9 Å². The number of carbonyl (C=O) groups is 1. The highest BCUT2D eigenvalue weighted by Gasteiger charge is 2.19. The molecule has 1 N–H and O–H groups in total. The third-order valence-corrected chi connectivity index (χ3v) is 6.00. The fraction of sp³-hybridized carbons (Fsp3) is 0.286. The van der Waals surface area contributed by atoms with E-state index < -0.39 is 0 Å². The van der Waals surface area contributed by atoms with Crippen molar-refractivity contribution in [2.24, 2.45) is 0 Å². The van der Waals surface area contributed by atoms with Crippen molar-refractivity contribution in [1.82, 2.24) is 20.2 Å². The summed E-state index contributed by atoms with van der Waals surface area (Å²) in [5.41, 5.74) is 2.71. The molecule has 8 heteroatoms. The standard InChI is InChI=1S/C21H22ClN5OS/c22-17-1-3-18(4-2-17)27-11-9-26(10-12-27)14-20-25-19(15-29-20)21(28)24-13-16-5-7-23-8-6-16/h1-8,15H,9-14H2,(H,24,28). The van der Waals surface area contributed by atoms with Crippen molar-refractivity contribution < 1.29 is 4.79 Å². The normalized spacial score (nSPS) is 14.7. The molecule has 4 rings (SSSR count). The topological polar surface area (TPSA) is 61.4 Å². The van der Waals surface area contributed by atoms with E-state index in [1.165, 1.54) is 5.69 Å². The van der Waals surface area contributed by atoms with Crippen LogP contribution in [0, 0.1) is 0 Å². The van der Waals surface area contributed by atoms with Crippen LogP contribution in [0.2, 0.25) is 5.02 Å². The minimum absolute atomic E-state index is 0.142. The summed E-state index contributed by atoms with van der Waals surface area (Å²) in [6.07, 6.45) is 3.43. The maximum atomic E-state index is 12.3. The number of hydrogen-bond acceptors (Lipinski definition) is 6. The lowest BCUT2D eigenvalue weighted by Gasteiger charge is -2.35. The predicted molar refractivity (Wildman–Crippen MR) is 116 cm³/mol.